The second-order valence-electron chi connectivity index (χ2n) is 5.25. The third-order valence-electron chi connectivity index (χ3n) is 3.52. The van der Waals surface area contributed by atoms with E-state index in [-0.39, 0.29) is 21.9 Å². The highest BCUT2D eigenvalue weighted by molar-refractivity contribution is 9.10. The number of hydrogen-bond donors (Lipinski definition) is 1. The van der Waals surface area contributed by atoms with Crippen LogP contribution < -0.4 is 5.14 Å². The Morgan fingerprint density at radius 1 is 1.35 bits per heavy atom. The van der Waals surface area contributed by atoms with Crippen LogP contribution in [-0.4, -0.2) is 31.8 Å². The zero-order valence-corrected chi connectivity index (χ0v) is 14.4. The summed E-state index contributed by atoms with van der Waals surface area (Å²) in [6.45, 7) is 5.88. The largest absolute Gasteiger partial charge is 0.337 e. The second-order valence-corrected chi connectivity index (χ2v) is 7.73. The summed E-state index contributed by atoms with van der Waals surface area (Å²) >= 11 is 3.20. The first kappa shape index (κ1) is 17.1. The van der Waals surface area contributed by atoms with Gasteiger partial charge in [0.05, 0.1) is 4.90 Å². The maximum Gasteiger partial charge on any atom is 0.254 e. The number of amides is 1. The third-order valence-corrected chi connectivity index (χ3v) is 4.88. The molecule has 0 aromatic heterocycles. The van der Waals surface area contributed by atoms with E-state index in [0.717, 1.165) is 6.42 Å². The fourth-order valence-corrected chi connectivity index (χ4v) is 2.78. The first-order valence-corrected chi connectivity index (χ1v) is 8.44. The zero-order chi connectivity index (χ0) is 15.7. The Labute approximate surface area is 128 Å². The van der Waals surface area contributed by atoms with E-state index >= 15 is 0 Å². The molecule has 0 heterocycles. The van der Waals surface area contributed by atoms with Crippen LogP contribution >= 0.6 is 15.9 Å². The molecule has 0 aliphatic carbocycles. The molecule has 0 radical (unpaired) electrons. The van der Waals surface area contributed by atoms with Crippen molar-refractivity contribution in [3.8, 4) is 0 Å². The number of benzene rings is 1. The van der Waals surface area contributed by atoms with Crippen molar-refractivity contribution in [1.82, 2.24) is 4.90 Å². The van der Waals surface area contributed by atoms with E-state index in [4.69, 9.17) is 5.14 Å². The average Bonchev–Trinajstić information content (AvgIpc) is 2.35. The number of carbonyl (C=O) groups excluding carboxylic acids is 1. The first-order valence-electron chi connectivity index (χ1n) is 6.10. The van der Waals surface area contributed by atoms with E-state index < -0.39 is 10.0 Å². The number of nitrogens with zero attached hydrogens (tertiary/aromatic N) is 1. The molecule has 0 aliphatic rings. The molecule has 1 aromatic carbocycles. The van der Waals surface area contributed by atoms with Crippen LogP contribution in [0.4, 0.5) is 0 Å². The van der Waals surface area contributed by atoms with E-state index in [1.165, 1.54) is 12.1 Å². The molecule has 20 heavy (non-hydrogen) atoms. The Bertz CT molecular complexity index is 627. The van der Waals surface area contributed by atoms with Crippen molar-refractivity contribution >= 4 is 31.9 Å². The molecule has 0 atom stereocenters. The number of carbonyl (C=O) groups is 1. The summed E-state index contributed by atoms with van der Waals surface area (Å²) in [6, 6.07) is 4.25. The summed E-state index contributed by atoms with van der Waals surface area (Å²) in [5.41, 5.74) is -0.0336. The van der Waals surface area contributed by atoms with Crippen molar-refractivity contribution in [2.45, 2.75) is 37.6 Å². The van der Waals surface area contributed by atoms with Crippen LogP contribution in [0.25, 0.3) is 0 Å². The van der Waals surface area contributed by atoms with Crippen LogP contribution in [-0.2, 0) is 10.0 Å². The van der Waals surface area contributed by atoms with Crippen molar-refractivity contribution in [2.75, 3.05) is 7.05 Å². The van der Waals surface area contributed by atoms with Gasteiger partial charge in [-0.3, -0.25) is 4.79 Å². The Kier molecular flexibility index (Phi) is 4.99. The second kappa shape index (κ2) is 5.83. The molecule has 112 valence electrons. The highest BCUT2D eigenvalue weighted by Gasteiger charge is 2.27. The topological polar surface area (TPSA) is 80.5 Å². The van der Waals surface area contributed by atoms with E-state index in [9.17, 15) is 13.2 Å². The fraction of sp³-hybridized carbons (Fsp3) is 0.462. The molecule has 2 N–H and O–H groups in total. The molecule has 1 aromatic rings. The van der Waals surface area contributed by atoms with Crippen molar-refractivity contribution in [1.29, 1.82) is 0 Å². The molecule has 0 saturated carbocycles. The maximum atomic E-state index is 12.5. The molecular weight excluding hydrogens is 344 g/mol. The molecular formula is C13H19BrN2O3S. The Balaban J connectivity index is 3.28. The van der Waals surface area contributed by atoms with Gasteiger partial charge < -0.3 is 4.90 Å². The van der Waals surface area contributed by atoms with E-state index in [2.05, 4.69) is 15.9 Å². The van der Waals surface area contributed by atoms with E-state index in [1.807, 2.05) is 20.8 Å². The number of hydrogen-bond acceptors (Lipinski definition) is 3. The Morgan fingerprint density at radius 3 is 2.35 bits per heavy atom. The van der Waals surface area contributed by atoms with Crippen LogP contribution in [0.2, 0.25) is 0 Å². The molecule has 7 heteroatoms. The minimum absolute atomic E-state index is 0.0853. The monoisotopic (exact) mass is 362 g/mol. The van der Waals surface area contributed by atoms with Gasteiger partial charge in [0.15, 0.2) is 0 Å². The summed E-state index contributed by atoms with van der Waals surface area (Å²) in [4.78, 5) is 14.0. The van der Waals surface area contributed by atoms with Gasteiger partial charge in [-0.1, -0.05) is 22.9 Å². The average molecular weight is 363 g/mol. The number of primary sulfonamides is 1. The van der Waals surface area contributed by atoms with Gasteiger partial charge in [0.25, 0.3) is 5.91 Å². The van der Waals surface area contributed by atoms with Crippen molar-refractivity contribution in [2.24, 2.45) is 5.14 Å². The minimum Gasteiger partial charge on any atom is -0.337 e. The number of nitrogens with two attached hydrogens (primary N) is 1. The number of halogens is 1. The lowest BCUT2D eigenvalue weighted by molar-refractivity contribution is 0.0620. The smallest absolute Gasteiger partial charge is 0.254 e. The van der Waals surface area contributed by atoms with Crippen LogP contribution in [0, 0.1) is 0 Å². The third kappa shape index (κ3) is 3.80. The molecule has 0 saturated heterocycles. The summed E-state index contributed by atoms with van der Waals surface area (Å²) in [5.74, 6) is -0.247. The number of sulfonamides is 1. The molecule has 0 aliphatic heterocycles. The molecule has 5 nitrogen and oxygen atoms in total. The van der Waals surface area contributed by atoms with Gasteiger partial charge in [-0.15, -0.1) is 0 Å². The van der Waals surface area contributed by atoms with Gasteiger partial charge in [0.1, 0.15) is 0 Å². The Hall–Kier alpha value is -0.920. The lowest BCUT2D eigenvalue weighted by atomic mass is 9.99. The van der Waals surface area contributed by atoms with Crippen molar-refractivity contribution < 1.29 is 13.2 Å². The molecule has 0 unspecified atom stereocenters. The molecule has 0 bridgehead atoms. The molecule has 0 fully saturated rings. The first-order chi connectivity index (χ1) is 8.99. The summed E-state index contributed by atoms with van der Waals surface area (Å²) in [5, 5.41) is 5.11. The van der Waals surface area contributed by atoms with Gasteiger partial charge in [0, 0.05) is 22.6 Å². The molecule has 1 rings (SSSR count). The standard InChI is InChI=1S/C13H19BrN2O3S/c1-5-13(2,3)16(4)12(17)9-6-10(14)8-11(7-9)20(15,18)19/h6-8H,5H2,1-4H3,(H2,15,18,19). The predicted octanol–water partition coefficient (Wildman–Crippen LogP) is 2.36. The van der Waals surface area contributed by atoms with Crippen LogP contribution in [0.3, 0.4) is 0 Å². The van der Waals surface area contributed by atoms with E-state index in [0.29, 0.717) is 4.47 Å². The highest BCUT2D eigenvalue weighted by atomic mass is 79.9. The summed E-state index contributed by atoms with van der Waals surface area (Å²) < 4.78 is 23.3. The van der Waals surface area contributed by atoms with Gasteiger partial charge in [-0.25, -0.2) is 13.6 Å². The lowest BCUT2D eigenvalue weighted by Crippen LogP contribution is -2.44. The van der Waals surface area contributed by atoms with Gasteiger partial charge in [-0.05, 0) is 38.5 Å². The quantitative estimate of drug-likeness (QED) is 0.892. The van der Waals surface area contributed by atoms with Gasteiger partial charge >= 0.3 is 0 Å². The van der Waals surface area contributed by atoms with Crippen molar-refractivity contribution in [3.63, 3.8) is 0 Å². The minimum atomic E-state index is -3.85. The van der Waals surface area contributed by atoms with Crippen LogP contribution in [0.5, 0.6) is 0 Å². The molecule has 0 spiro atoms. The maximum absolute atomic E-state index is 12.5. The zero-order valence-electron chi connectivity index (χ0n) is 12.0. The van der Waals surface area contributed by atoms with Crippen LogP contribution in [0.1, 0.15) is 37.6 Å². The Morgan fingerprint density at radius 2 is 1.90 bits per heavy atom. The van der Waals surface area contributed by atoms with Crippen molar-refractivity contribution in [3.05, 3.63) is 28.2 Å². The molecule has 1 amide bonds. The predicted molar refractivity (Wildman–Crippen MR) is 82.0 cm³/mol. The highest BCUT2D eigenvalue weighted by Crippen LogP contribution is 2.23. The lowest BCUT2D eigenvalue weighted by Gasteiger charge is -2.35. The van der Waals surface area contributed by atoms with E-state index in [1.54, 1.807) is 18.0 Å². The summed E-state index contributed by atoms with van der Waals surface area (Å²) in [6.07, 6.45) is 0.783. The SMILES string of the molecule is CCC(C)(C)N(C)C(=O)c1cc(Br)cc(S(N)(=O)=O)c1. The van der Waals surface area contributed by atoms with Crippen LogP contribution in [0.15, 0.2) is 27.6 Å². The normalized spacial score (nSPS) is 12.3. The fourth-order valence-electron chi connectivity index (χ4n) is 1.56. The summed E-state index contributed by atoms with van der Waals surface area (Å²) in [7, 11) is -2.15. The van der Waals surface area contributed by atoms with Gasteiger partial charge in [0.2, 0.25) is 10.0 Å². The van der Waals surface area contributed by atoms with Gasteiger partial charge in [-0.2, -0.15) is 0 Å². The number of rotatable bonds is 4.